The fourth-order valence-corrected chi connectivity index (χ4v) is 4.18. The summed E-state index contributed by atoms with van der Waals surface area (Å²) in [5, 5.41) is 5.06. The van der Waals surface area contributed by atoms with Crippen molar-refractivity contribution in [2.24, 2.45) is 0 Å². The molecule has 0 spiro atoms. The van der Waals surface area contributed by atoms with Gasteiger partial charge in [0, 0.05) is 12.2 Å². The Labute approximate surface area is 166 Å². The van der Waals surface area contributed by atoms with Crippen LogP contribution in [0.5, 0.6) is 5.75 Å². The number of anilines is 1. The van der Waals surface area contributed by atoms with Crippen LogP contribution in [-0.4, -0.2) is 16.6 Å². The molecule has 0 aliphatic carbocycles. The average molecular weight is 392 g/mol. The summed E-state index contributed by atoms with van der Waals surface area (Å²) in [7, 11) is 0. The highest BCUT2D eigenvalue weighted by molar-refractivity contribution is 7.16. The van der Waals surface area contributed by atoms with E-state index >= 15 is 0 Å². The van der Waals surface area contributed by atoms with E-state index in [0.717, 1.165) is 21.0 Å². The fourth-order valence-electron chi connectivity index (χ4n) is 3.19. The van der Waals surface area contributed by atoms with Crippen molar-refractivity contribution < 1.29 is 9.53 Å². The van der Waals surface area contributed by atoms with Crippen LogP contribution < -0.4 is 14.9 Å². The summed E-state index contributed by atoms with van der Waals surface area (Å²) in [6, 6.07) is 19.3. The van der Waals surface area contributed by atoms with Gasteiger partial charge in [-0.1, -0.05) is 41.7 Å². The molecule has 0 bridgehead atoms. The number of hydrogen-bond donors (Lipinski definition) is 1. The summed E-state index contributed by atoms with van der Waals surface area (Å²) >= 11 is 1.18. The molecule has 0 saturated heterocycles. The minimum atomic E-state index is -0.657. The van der Waals surface area contributed by atoms with Crippen LogP contribution in [0, 0.1) is 0 Å². The lowest BCUT2D eigenvalue weighted by atomic mass is 10.1. The largest absolute Gasteiger partial charge is 0.481 e. The third-order valence-electron chi connectivity index (χ3n) is 4.66. The Bertz CT molecular complexity index is 1230. The van der Waals surface area contributed by atoms with E-state index in [2.05, 4.69) is 5.32 Å². The van der Waals surface area contributed by atoms with Gasteiger partial charge in [0.2, 0.25) is 0 Å². The van der Waals surface area contributed by atoms with Crippen LogP contribution in [0.4, 0.5) is 5.69 Å². The van der Waals surface area contributed by atoms with Gasteiger partial charge in [0.25, 0.3) is 5.91 Å². The van der Waals surface area contributed by atoms with E-state index in [4.69, 9.17) is 4.74 Å². The zero-order chi connectivity index (χ0) is 19.7. The molecule has 6 heteroatoms. The minimum absolute atomic E-state index is 0.00832. The number of hydrogen-bond acceptors (Lipinski definition) is 4. The SMILES string of the molecule is CCn1c(=O)sc2cc(NC(=O)[C@@H](C)Oc3ccc4ccccc4c3)ccc21. The lowest BCUT2D eigenvalue weighted by Crippen LogP contribution is -2.30. The van der Waals surface area contributed by atoms with Crippen molar-refractivity contribution in [3.8, 4) is 5.75 Å². The first kappa shape index (κ1) is 18.3. The fraction of sp³-hybridized carbons (Fsp3) is 0.182. The zero-order valence-electron chi connectivity index (χ0n) is 15.6. The molecule has 1 N–H and O–H groups in total. The number of aryl methyl sites for hydroxylation is 1. The monoisotopic (exact) mass is 392 g/mol. The predicted molar refractivity (Wildman–Crippen MR) is 114 cm³/mol. The van der Waals surface area contributed by atoms with Crippen molar-refractivity contribution in [2.45, 2.75) is 26.5 Å². The van der Waals surface area contributed by atoms with E-state index in [1.165, 1.54) is 11.3 Å². The van der Waals surface area contributed by atoms with E-state index in [9.17, 15) is 9.59 Å². The van der Waals surface area contributed by atoms with Gasteiger partial charge >= 0.3 is 4.87 Å². The van der Waals surface area contributed by atoms with Crippen molar-refractivity contribution in [1.82, 2.24) is 4.57 Å². The van der Waals surface area contributed by atoms with Crippen molar-refractivity contribution in [2.75, 3.05) is 5.32 Å². The number of aromatic nitrogens is 1. The summed E-state index contributed by atoms with van der Waals surface area (Å²) < 4.78 is 8.39. The molecule has 4 rings (SSSR count). The Morgan fingerprint density at radius 3 is 2.68 bits per heavy atom. The quantitative estimate of drug-likeness (QED) is 0.538. The third kappa shape index (κ3) is 3.51. The first-order valence-corrected chi connectivity index (χ1v) is 9.96. The van der Waals surface area contributed by atoms with Gasteiger partial charge in [0.05, 0.1) is 10.2 Å². The van der Waals surface area contributed by atoms with Gasteiger partial charge in [-0.2, -0.15) is 0 Å². The number of carbonyl (C=O) groups is 1. The average Bonchev–Trinajstić information content (AvgIpc) is 3.01. The second-order valence-electron chi connectivity index (χ2n) is 6.55. The Balaban J connectivity index is 1.49. The molecule has 0 saturated carbocycles. The molecule has 28 heavy (non-hydrogen) atoms. The zero-order valence-corrected chi connectivity index (χ0v) is 16.5. The number of amides is 1. The van der Waals surface area contributed by atoms with Crippen molar-refractivity contribution >= 4 is 43.9 Å². The predicted octanol–water partition coefficient (Wildman–Crippen LogP) is 4.64. The maximum Gasteiger partial charge on any atom is 0.308 e. The molecule has 0 fully saturated rings. The lowest BCUT2D eigenvalue weighted by molar-refractivity contribution is -0.122. The molecule has 1 heterocycles. The summed E-state index contributed by atoms with van der Waals surface area (Å²) in [4.78, 5) is 24.5. The van der Waals surface area contributed by atoms with Crippen molar-refractivity contribution in [3.63, 3.8) is 0 Å². The second kappa shape index (κ2) is 7.48. The molecule has 1 amide bonds. The lowest BCUT2D eigenvalue weighted by Gasteiger charge is -2.15. The van der Waals surface area contributed by atoms with Crippen LogP contribution in [-0.2, 0) is 11.3 Å². The summed E-state index contributed by atoms with van der Waals surface area (Å²) in [6.07, 6.45) is -0.657. The van der Waals surface area contributed by atoms with Crippen LogP contribution in [0.25, 0.3) is 21.0 Å². The smallest absolute Gasteiger partial charge is 0.308 e. The van der Waals surface area contributed by atoms with Crippen LogP contribution in [0.3, 0.4) is 0 Å². The van der Waals surface area contributed by atoms with Gasteiger partial charge in [0.1, 0.15) is 5.75 Å². The van der Waals surface area contributed by atoms with Crippen molar-refractivity contribution in [1.29, 1.82) is 0 Å². The molecule has 0 aliphatic rings. The van der Waals surface area contributed by atoms with E-state index in [-0.39, 0.29) is 10.8 Å². The number of nitrogens with one attached hydrogen (secondary N) is 1. The topological polar surface area (TPSA) is 60.3 Å². The molecule has 1 aromatic heterocycles. The highest BCUT2D eigenvalue weighted by atomic mass is 32.1. The van der Waals surface area contributed by atoms with Crippen LogP contribution >= 0.6 is 11.3 Å². The molecule has 1 atom stereocenters. The summed E-state index contributed by atoms with van der Waals surface area (Å²) in [5.41, 5.74) is 1.53. The van der Waals surface area contributed by atoms with E-state index < -0.39 is 6.10 Å². The number of rotatable bonds is 5. The van der Waals surface area contributed by atoms with Gasteiger partial charge < -0.3 is 10.1 Å². The number of fused-ring (bicyclic) bond motifs is 2. The van der Waals surface area contributed by atoms with Crippen LogP contribution in [0.1, 0.15) is 13.8 Å². The van der Waals surface area contributed by atoms with Crippen molar-refractivity contribution in [3.05, 3.63) is 70.3 Å². The highest BCUT2D eigenvalue weighted by Gasteiger charge is 2.16. The molecule has 142 valence electrons. The van der Waals surface area contributed by atoms with Crippen LogP contribution in [0.2, 0.25) is 0 Å². The Kier molecular flexibility index (Phi) is 4.88. The molecular formula is C22H20N2O3S. The van der Waals surface area contributed by atoms with E-state index in [1.807, 2.05) is 61.5 Å². The van der Waals surface area contributed by atoms with Gasteiger partial charge in [-0.25, -0.2) is 0 Å². The first-order chi connectivity index (χ1) is 13.5. The molecular weight excluding hydrogens is 372 g/mol. The Hall–Kier alpha value is -3.12. The molecule has 0 unspecified atom stereocenters. The van der Waals surface area contributed by atoms with E-state index in [0.29, 0.717) is 18.0 Å². The number of nitrogens with zero attached hydrogens (tertiary/aromatic N) is 1. The number of ether oxygens (including phenoxy) is 1. The van der Waals surface area contributed by atoms with E-state index in [1.54, 1.807) is 17.6 Å². The molecule has 4 aromatic rings. The van der Waals surface area contributed by atoms with Gasteiger partial charge in [-0.3, -0.25) is 14.2 Å². The number of carbonyl (C=O) groups excluding carboxylic acids is 1. The molecule has 0 aliphatic heterocycles. The van der Waals surface area contributed by atoms with Crippen LogP contribution in [0.15, 0.2) is 65.5 Å². The molecule has 0 radical (unpaired) electrons. The summed E-state index contributed by atoms with van der Waals surface area (Å²) in [6.45, 7) is 4.28. The molecule has 5 nitrogen and oxygen atoms in total. The number of benzene rings is 3. The standard InChI is InChI=1S/C22H20N2O3S/c1-3-24-19-11-9-17(13-20(19)28-22(24)26)23-21(25)14(2)27-18-10-8-15-6-4-5-7-16(15)12-18/h4-14H,3H2,1-2H3,(H,23,25)/t14-/m1/s1. The first-order valence-electron chi connectivity index (χ1n) is 9.15. The van der Waals surface area contributed by atoms with Gasteiger partial charge in [-0.15, -0.1) is 0 Å². The highest BCUT2D eigenvalue weighted by Crippen LogP contribution is 2.23. The Morgan fingerprint density at radius 1 is 1.11 bits per heavy atom. The molecule has 3 aromatic carbocycles. The normalized spacial score (nSPS) is 12.2. The second-order valence-corrected chi connectivity index (χ2v) is 7.55. The maximum absolute atomic E-state index is 12.5. The maximum atomic E-state index is 12.5. The third-order valence-corrected chi connectivity index (χ3v) is 5.60. The Morgan fingerprint density at radius 2 is 1.89 bits per heavy atom. The van der Waals surface area contributed by atoms with Gasteiger partial charge in [-0.05, 0) is 55.0 Å². The van der Waals surface area contributed by atoms with Gasteiger partial charge in [0.15, 0.2) is 6.10 Å². The number of thiazole rings is 1. The summed E-state index contributed by atoms with van der Waals surface area (Å²) in [5.74, 6) is 0.407. The minimum Gasteiger partial charge on any atom is -0.481 e.